The van der Waals surface area contributed by atoms with E-state index in [1.165, 1.54) is 19.3 Å². The largest absolute Gasteiger partial charge is 0.389 e. The number of ketones is 1. The van der Waals surface area contributed by atoms with Crippen molar-refractivity contribution in [1.29, 1.82) is 0 Å². The van der Waals surface area contributed by atoms with E-state index in [9.17, 15) is 9.90 Å². The Balaban J connectivity index is 1.70. The molecular formula is C25H34N2O3. The highest BCUT2D eigenvalue weighted by atomic mass is 16.5. The Kier molecular flexibility index (Phi) is 8.43. The van der Waals surface area contributed by atoms with Crippen molar-refractivity contribution in [3.05, 3.63) is 65.7 Å². The van der Waals surface area contributed by atoms with E-state index < -0.39 is 12.2 Å². The third-order valence-electron chi connectivity index (χ3n) is 5.64. The van der Waals surface area contributed by atoms with Gasteiger partial charge in [0.1, 0.15) is 6.10 Å². The van der Waals surface area contributed by atoms with Crippen LogP contribution in [0.4, 0.5) is 5.69 Å². The predicted octanol–water partition coefficient (Wildman–Crippen LogP) is 3.41. The fourth-order valence-electron chi connectivity index (χ4n) is 4.06. The van der Waals surface area contributed by atoms with E-state index in [1.54, 1.807) is 0 Å². The molecule has 0 amide bonds. The van der Waals surface area contributed by atoms with Crippen molar-refractivity contribution in [3.63, 3.8) is 0 Å². The summed E-state index contributed by atoms with van der Waals surface area (Å²) in [6, 6.07) is 17.3. The van der Waals surface area contributed by atoms with Crippen molar-refractivity contribution in [2.75, 3.05) is 45.2 Å². The van der Waals surface area contributed by atoms with Crippen LogP contribution in [0.3, 0.4) is 0 Å². The monoisotopic (exact) mass is 410 g/mol. The lowest BCUT2D eigenvalue weighted by atomic mass is 9.98. The molecule has 5 heteroatoms. The molecule has 1 N–H and O–H groups in total. The summed E-state index contributed by atoms with van der Waals surface area (Å²) in [6.45, 7) is 2.81. The van der Waals surface area contributed by atoms with Crippen LogP contribution in [0.2, 0.25) is 0 Å². The molecule has 2 aromatic carbocycles. The predicted molar refractivity (Wildman–Crippen MR) is 121 cm³/mol. The molecule has 0 aromatic heterocycles. The minimum atomic E-state index is -0.635. The standard InChI is InChI=1S/C25H34N2O3/c1-26(2)23-14-8-7-13-21(23)17-24(25(29)20-11-5-3-6-12-20)30-19-22(28)18-27-15-9-4-10-16-27/h3,5-8,11-14,22,24,28H,4,9-10,15-19H2,1-2H3. The zero-order chi connectivity index (χ0) is 21.3. The van der Waals surface area contributed by atoms with Crippen molar-refractivity contribution < 1.29 is 14.6 Å². The summed E-state index contributed by atoms with van der Waals surface area (Å²) in [4.78, 5) is 17.5. The molecule has 1 heterocycles. The van der Waals surface area contributed by atoms with Gasteiger partial charge in [0.15, 0.2) is 5.78 Å². The fourth-order valence-corrected chi connectivity index (χ4v) is 4.06. The second kappa shape index (κ2) is 11.3. The number of aliphatic hydroxyl groups excluding tert-OH is 1. The number of nitrogens with zero attached hydrogens (tertiary/aromatic N) is 2. The smallest absolute Gasteiger partial charge is 0.191 e. The van der Waals surface area contributed by atoms with Crippen LogP contribution >= 0.6 is 0 Å². The first-order chi connectivity index (χ1) is 14.5. The van der Waals surface area contributed by atoms with Gasteiger partial charge in [-0.15, -0.1) is 0 Å². The highest BCUT2D eigenvalue weighted by molar-refractivity contribution is 5.99. The lowest BCUT2D eigenvalue weighted by Gasteiger charge is -2.29. The first-order valence-corrected chi connectivity index (χ1v) is 10.9. The van der Waals surface area contributed by atoms with Crippen molar-refractivity contribution in [1.82, 2.24) is 4.90 Å². The molecule has 1 aliphatic heterocycles. The zero-order valence-electron chi connectivity index (χ0n) is 18.2. The number of Topliss-reactive ketones (excluding diaryl/α,β-unsaturated/α-hetero) is 1. The maximum absolute atomic E-state index is 13.2. The first-order valence-electron chi connectivity index (χ1n) is 10.9. The average Bonchev–Trinajstić information content (AvgIpc) is 2.77. The van der Waals surface area contributed by atoms with Crippen LogP contribution < -0.4 is 4.90 Å². The van der Waals surface area contributed by atoms with E-state index in [-0.39, 0.29) is 12.4 Å². The molecule has 2 aromatic rings. The van der Waals surface area contributed by atoms with Crippen LogP contribution in [0.5, 0.6) is 0 Å². The van der Waals surface area contributed by atoms with E-state index in [2.05, 4.69) is 4.90 Å². The number of β-amino-alcohol motifs (C(OH)–C–C–N with tert-alkyl or cyclic N) is 1. The number of carbonyl (C=O) groups is 1. The number of benzene rings is 2. The maximum Gasteiger partial charge on any atom is 0.191 e. The van der Waals surface area contributed by atoms with E-state index >= 15 is 0 Å². The van der Waals surface area contributed by atoms with Gasteiger partial charge in [0.05, 0.1) is 12.7 Å². The fraction of sp³-hybridized carbons (Fsp3) is 0.480. The molecule has 3 rings (SSSR count). The highest BCUT2D eigenvalue weighted by Gasteiger charge is 2.24. The second-order valence-corrected chi connectivity index (χ2v) is 8.29. The van der Waals surface area contributed by atoms with Crippen molar-refractivity contribution in [2.24, 2.45) is 0 Å². The molecule has 0 spiro atoms. The van der Waals surface area contributed by atoms with Crippen LogP contribution in [0, 0.1) is 0 Å². The van der Waals surface area contributed by atoms with Crippen molar-refractivity contribution >= 4 is 11.5 Å². The third kappa shape index (κ3) is 6.39. The first kappa shape index (κ1) is 22.5. The highest BCUT2D eigenvalue weighted by Crippen LogP contribution is 2.22. The minimum absolute atomic E-state index is 0.0469. The zero-order valence-corrected chi connectivity index (χ0v) is 18.2. The summed E-state index contributed by atoms with van der Waals surface area (Å²) < 4.78 is 6.06. The number of para-hydroxylation sites is 1. The molecule has 0 saturated carbocycles. The average molecular weight is 411 g/mol. The number of likely N-dealkylation sites (tertiary alicyclic amines) is 1. The van der Waals surface area contributed by atoms with Crippen LogP contribution in [0.25, 0.3) is 0 Å². The lowest BCUT2D eigenvalue weighted by molar-refractivity contribution is -0.0150. The topological polar surface area (TPSA) is 53.0 Å². The number of carbonyl (C=O) groups excluding carboxylic acids is 1. The van der Waals surface area contributed by atoms with Gasteiger partial charge in [0, 0.05) is 38.3 Å². The van der Waals surface area contributed by atoms with E-state index in [1.807, 2.05) is 73.6 Å². The van der Waals surface area contributed by atoms with E-state index in [0.29, 0.717) is 18.5 Å². The molecule has 0 aliphatic carbocycles. The SMILES string of the molecule is CN(C)c1ccccc1CC(OCC(O)CN1CCCCC1)C(=O)c1ccccc1. The Labute approximate surface area is 180 Å². The molecule has 2 unspecified atom stereocenters. The number of hydrogen-bond donors (Lipinski definition) is 1. The van der Waals surface area contributed by atoms with E-state index in [4.69, 9.17) is 4.74 Å². The number of piperidine rings is 1. The number of anilines is 1. The summed E-state index contributed by atoms with van der Waals surface area (Å²) in [5.74, 6) is -0.0469. The van der Waals surface area contributed by atoms with Gasteiger partial charge in [-0.3, -0.25) is 4.79 Å². The molecule has 0 radical (unpaired) electrons. The van der Waals surface area contributed by atoms with Crippen LogP contribution in [-0.4, -0.2) is 68.3 Å². The van der Waals surface area contributed by atoms with Gasteiger partial charge in [0.2, 0.25) is 0 Å². The summed E-state index contributed by atoms with van der Waals surface area (Å²) in [6.07, 6.45) is 2.87. The molecular weight excluding hydrogens is 376 g/mol. The van der Waals surface area contributed by atoms with Crippen molar-refractivity contribution in [2.45, 2.75) is 37.9 Å². The Bertz CT molecular complexity index is 788. The van der Waals surface area contributed by atoms with Gasteiger partial charge in [-0.1, -0.05) is 55.0 Å². The molecule has 1 saturated heterocycles. The van der Waals surface area contributed by atoms with Gasteiger partial charge in [-0.05, 0) is 37.6 Å². The van der Waals surface area contributed by atoms with Gasteiger partial charge in [-0.25, -0.2) is 0 Å². The van der Waals surface area contributed by atoms with Gasteiger partial charge < -0.3 is 19.6 Å². The summed E-state index contributed by atoms with van der Waals surface area (Å²) in [5.41, 5.74) is 2.76. The van der Waals surface area contributed by atoms with Crippen LogP contribution in [0.15, 0.2) is 54.6 Å². The molecule has 0 bridgehead atoms. The molecule has 1 fully saturated rings. The lowest BCUT2D eigenvalue weighted by Crippen LogP contribution is -2.39. The van der Waals surface area contributed by atoms with Crippen LogP contribution in [0.1, 0.15) is 35.2 Å². The van der Waals surface area contributed by atoms with Crippen LogP contribution in [-0.2, 0) is 11.2 Å². The molecule has 30 heavy (non-hydrogen) atoms. The Hall–Kier alpha value is -2.21. The molecule has 162 valence electrons. The summed E-state index contributed by atoms with van der Waals surface area (Å²) in [5, 5.41) is 10.5. The quantitative estimate of drug-likeness (QED) is 0.609. The minimum Gasteiger partial charge on any atom is -0.389 e. The molecule has 5 nitrogen and oxygen atoms in total. The third-order valence-corrected chi connectivity index (χ3v) is 5.64. The Morgan fingerprint density at radius 1 is 1.03 bits per heavy atom. The number of ether oxygens (including phenoxy) is 1. The normalized spacial score (nSPS) is 16.8. The van der Waals surface area contributed by atoms with Gasteiger partial charge in [0.25, 0.3) is 0 Å². The maximum atomic E-state index is 13.2. The number of rotatable bonds is 10. The second-order valence-electron chi connectivity index (χ2n) is 8.29. The number of hydrogen-bond acceptors (Lipinski definition) is 5. The van der Waals surface area contributed by atoms with Crippen molar-refractivity contribution in [3.8, 4) is 0 Å². The summed E-state index contributed by atoms with van der Waals surface area (Å²) in [7, 11) is 3.99. The molecule has 1 aliphatic rings. The molecule has 2 atom stereocenters. The van der Waals surface area contributed by atoms with Gasteiger partial charge >= 0.3 is 0 Å². The Morgan fingerprint density at radius 2 is 1.70 bits per heavy atom. The number of aliphatic hydroxyl groups is 1. The Morgan fingerprint density at radius 3 is 2.40 bits per heavy atom. The van der Waals surface area contributed by atoms with Gasteiger partial charge in [-0.2, -0.15) is 0 Å². The summed E-state index contributed by atoms with van der Waals surface area (Å²) >= 11 is 0. The van der Waals surface area contributed by atoms with E-state index in [0.717, 1.165) is 24.3 Å².